The van der Waals surface area contributed by atoms with Crippen molar-refractivity contribution in [3.63, 3.8) is 0 Å². The number of fused-ring (bicyclic) bond motifs is 4. The number of carbonyl (C=O) groups is 1. The van der Waals surface area contributed by atoms with Crippen molar-refractivity contribution in [3.05, 3.63) is 47.2 Å². The van der Waals surface area contributed by atoms with Gasteiger partial charge in [-0.25, -0.2) is 0 Å². The molecule has 1 aromatic heterocycles. The molecule has 5 rings (SSSR count). The van der Waals surface area contributed by atoms with E-state index in [1.54, 1.807) is 0 Å². The first-order chi connectivity index (χ1) is 13.4. The van der Waals surface area contributed by atoms with E-state index in [9.17, 15) is 4.79 Å². The first-order valence-electron chi connectivity index (χ1n) is 10.1. The Labute approximate surface area is 170 Å². The van der Waals surface area contributed by atoms with Crippen LogP contribution in [0.15, 0.2) is 36.5 Å². The third-order valence-corrected chi connectivity index (χ3v) is 6.80. The Morgan fingerprint density at radius 1 is 1.25 bits per heavy atom. The number of halogens is 1. The second kappa shape index (κ2) is 6.26. The highest BCUT2D eigenvalue weighted by Crippen LogP contribution is 2.50. The molecule has 1 amide bonds. The Hall–Kier alpha value is -1.98. The highest BCUT2D eigenvalue weighted by Gasteiger charge is 2.54. The largest absolute Gasteiger partial charge is 0.372 e. The molecule has 2 spiro atoms. The van der Waals surface area contributed by atoms with Crippen molar-refractivity contribution in [2.24, 2.45) is 5.92 Å². The minimum atomic E-state index is -0.259. The number of ether oxygens (including phenoxy) is 1. The van der Waals surface area contributed by atoms with Gasteiger partial charge in [0.1, 0.15) is 5.54 Å². The molecule has 4 heterocycles. The summed E-state index contributed by atoms with van der Waals surface area (Å²) in [5.41, 5.74) is 2.97. The molecular formula is C22H26ClN3O2. The standard InChI is InChI=1S/C22H26ClN3O2/c1-15(2)20(27)25-10-7-21(8-11-25)13-22(14-28-21)19-4-3-9-26(19)18-6-5-16(23)12-17(18)24-22/h3-6,9,12,15,24H,7-8,10-11,13-14H2,1-2H3. The van der Waals surface area contributed by atoms with Gasteiger partial charge in [-0.15, -0.1) is 0 Å². The number of piperidine rings is 1. The summed E-state index contributed by atoms with van der Waals surface area (Å²) in [6.07, 6.45) is 4.79. The third kappa shape index (κ3) is 2.67. The van der Waals surface area contributed by atoms with Crippen LogP contribution in [0.2, 0.25) is 5.02 Å². The van der Waals surface area contributed by atoms with Crippen LogP contribution in [0.1, 0.15) is 38.8 Å². The van der Waals surface area contributed by atoms with Gasteiger partial charge in [0.25, 0.3) is 0 Å². The number of nitrogens with zero attached hydrogens (tertiary/aromatic N) is 2. The van der Waals surface area contributed by atoms with Gasteiger partial charge in [-0.1, -0.05) is 25.4 Å². The molecule has 3 aliphatic heterocycles. The zero-order valence-corrected chi connectivity index (χ0v) is 17.1. The van der Waals surface area contributed by atoms with Crippen LogP contribution in [-0.4, -0.2) is 40.7 Å². The molecule has 0 bridgehead atoms. The lowest BCUT2D eigenvalue weighted by molar-refractivity contribution is -0.139. The lowest BCUT2D eigenvalue weighted by Gasteiger charge is -2.41. The van der Waals surface area contributed by atoms with Gasteiger partial charge in [-0.2, -0.15) is 0 Å². The summed E-state index contributed by atoms with van der Waals surface area (Å²) in [7, 11) is 0. The number of carbonyl (C=O) groups excluding carboxylic acids is 1. The Morgan fingerprint density at radius 2 is 2.04 bits per heavy atom. The molecule has 1 unspecified atom stereocenters. The summed E-state index contributed by atoms with van der Waals surface area (Å²) in [6, 6.07) is 10.3. The van der Waals surface area contributed by atoms with Crippen LogP contribution in [0.4, 0.5) is 5.69 Å². The van der Waals surface area contributed by atoms with E-state index in [2.05, 4.69) is 34.3 Å². The highest BCUT2D eigenvalue weighted by atomic mass is 35.5. The van der Waals surface area contributed by atoms with Gasteiger partial charge in [-0.05, 0) is 43.2 Å². The van der Waals surface area contributed by atoms with E-state index in [4.69, 9.17) is 16.3 Å². The van der Waals surface area contributed by atoms with E-state index in [0.29, 0.717) is 6.61 Å². The van der Waals surface area contributed by atoms with Crippen molar-refractivity contribution < 1.29 is 9.53 Å². The van der Waals surface area contributed by atoms with Crippen molar-refractivity contribution >= 4 is 23.2 Å². The number of hydrogen-bond donors (Lipinski definition) is 1. The maximum Gasteiger partial charge on any atom is 0.225 e. The van der Waals surface area contributed by atoms with Crippen molar-refractivity contribution in [2.75, 3.05) is 25.0 Å². The lowest BCUT2D eigenvalue weighted by atomic mass is 9.79. The van der Waals surface area contributed by atoms with Gasteiger partial charge >= 0.3 is 0 Å². The summed E-state index contributed by atoms with van der Waals surface area (Å²) in [5, 5.41) is 4.50. The average molecular weight is 400 g/mol. The van der Waals surface area contributed by atoms with E-state index >= 15 is 0 Å². The minimum Gasteiger partial charge on any atom is -0.372 e. The number of aromatic nitrogens is 1. The van der Waals surface area contributed by atoms with Crippen LogP contribution < -0.4 is 5.32 Å². The van der Waals surface area contributed by atoms with Crippen molar-refractivity contribution in [1.29, 1.82) is 0 Å². The molecule has 0 aliphatic carbocycles. The van der Waals surface area contributed by atoms with Gasteiger partial charge in [0.15, 0.2) is 0 Å². The summed E-state index contributed by atoms with van der Waals surface area (Å²) < 4.78 is 8.74. The van der Waals surface area contributed by atoms with Crippen molar-refractivity contribution in [3.8, 4) is 5.69 Å². The fourth-order valence-electron chi connectivity index (χ4n) is 5.12. The molecule has 2 fully saturated rings. The predicted octanol–water partition coefficient (Wildman–Crippen LogP) is 4.19. The fraction of sp³-hybridized carbons (Fsp3) is 0.500. The average Bonchev–Trinajstić information content (AvgIpc) is 3.29. The van der Waals surface area contributed by atoms with Crippen molar-refractivity contribution in [2.45, 2.75) is 44.2 Å². The smallest absolute Gasteiger partial charge is 0.225 e. The number of benzene rings is 1. The first kappa shape index (κ1) is 18.1. The molecule has 148 valence electrons. The zero-order valence-electron chi connectivity index (χ0n) is 16.4. The van der Waals surface area contributed by atoms with Crippen LogP contribution in [0.25, 0.3) is 5.69 Å². The van der Waals surface area contributed by atoms with Gasteiger partial charge in [0, 0.05) is 36.6 Å². The van der Waals surface area contributed by atoms with E-state index < -0.39 is 0 Å². The molecule has 1 aromatic carbocycles. The predicted molar refractivity (Wildman–Crippen MR) is 110 cm³/mol. The quantitative estimate of drug-likeness (QED) is 0.782. The SMILES string of the molecule is CC(C)C(=O)N1CCC2(CC1)CC1(CO2)Nc2cc(Cl)ccc2-n2cccc21. The number of rotatable bonds is 1. The number of amides is 1. The third-order valence-electron chi connectivity index (χ3n) is 6.56. The highest BCUT2D eigenvalue weighted by molar-refractivity contribution is 6.31. The number of likely N-dealkylation sites (tertiary alicyclic amines) is 1. The van der Waals surface area contributed by atoms with Gasteiger partial charge < -0.3 is 19.5 Å². The summed E-state index contributed by atoms with van der Waals surface area (Å²) in [5.74, 6) is 0.297. The second-order valence-electron chi connectivity index (χ2n) is 8.76. The zero-order chi connectivity index (χ0) is 19.5. The first-order valence-corrected chi connectivity index (χ1v) is 10.5. The summed E-state index contributed by atoms with van der Waals surface area (Å²) >= 11 is 6.27. The molecule has 2 saturated heterocycles. The van der Waals surface area contributed by atoms with E-state index in [-0.39, 0.29) is 23.0 Å². The minimum absolute atomic E-state index is 0.0504. The van der Waals surface area contributed by atoms with Crippen LogP contribution in [0, 0.1) is 5.92 Å². The molecule has 0 radical (unpaired) electrons. The Bertz CT molecular complexity index is 930. The monoisotopic (exact) mass is 399 g/mol. The van der Waals surface area contributed by atoms with Gasteiger partial charge in [0.05, 0.1) is 29.3 Å². The fourth-order valence-corrected chi connectivity index (χ4v) is 5.29. The summed E-state index contributed by atoms with van der Waals surface area (Å²) in [6.45, 7) is 6.11. The number of nitrogens with one attached hydrogen (secondary N) is 1. The van der Waals surface area contributed by atoms with Crippen LogP contribution in [0.3, 0.4) is 0 Å². The normalized spacial score (nSPS) is 25.1. The molecule has 1 atom stereocenters. The number of anilines is 1. The lowest BCUT2D eigenvalue weighted by Crippen LogP contribution is -2.49. The van der Waals surface area contributed by atoms with E-state index in [1.807, 2.05) is 30.9 Å². The van der Waals surface area contributed by atoms with E-state index in [0.717, 1.165) is 48.7 Å². The van der Waals surface area contributed by atoms with Crippen LogP contribution in [0.5, 0.6) is 0 Å². The Kier molecular flexibility index (Phi) is 4.04. The Morgan fingerprint density at radius 3 is 2.79 bits per heavy atom. The maximum absolute atomic E-state index is 12.4. The van der Waals surface area contributed by atoms with Crippen LogP contribution in [-0.2, 0) is 15.1 Å². The van der Waals surface area contributed by atoms with E-state index in [1.165, 1.54) is 5.69 Å². The molecular weight excluding hydrogens is 374 g/mol. The molecule has 3 aliphatic rings. The molecule has 2 aromatic rings. The number of hydrogen-bond acceptors (Lipinski definition) is 3. The summed E-state index contributed by atoms with van der Waals surface area (Å²) in [4.78, 5) is 14.3. The molecule has 1 N–H and O–H groups in total. The van der Waals surface area contributed by atoms with Gasteiger partial charge in [-0.3, -0.25) is 4.79 Å². The molecule has 6 heteroatoms. The van der Waals surface area contributed by atoms with Crippen LogP contribution >= 0.6 is 11.6 Å². The van der Waals surface area contributed by atoms with Crippen molar-refractivity contribution in [1.82, 2.24) is 9.47 Å². The molecule has 5 nitrogen and oxygen atoms in total. The molecule has 28 heavy (non-hydrogen) atoms. The topological polar surface area (TPSA) is 46.5 Å². The molecule has 0 saturated carbocycles. The maximum atomic E-state index is 12.4. The van der Waals surface area contributed by atoms with Gasteiger partial charge in [0.2, 0.25) is 5.91 Å². The second-order valence-corrected chi connectivity index (χ2v) is 9.20. The Balaban J connectivity index is 1.42.